The average Bonchev–Trinajstić information content (AvgIpc) is 2.62. The van der Waals surface area contributed by atoms with Gasteiger partial charge < -0.3 is 9.47 Å². The van der Waals surface area contributed by atoms with Crippen LogP contribution in [0.25, 0.3) is 0 Å². The maximum Gasteiger partial charge on any atom is 0.337 e. The van der Waals surface area contributed by atoms with E-state index in [1.54, 1.807) is 0 Å². The minimum Gasteiger partial charge on any atom is -0.467 e. The second-order valence-corrected chi connectivity index (χ2v) is 3.87. The highest BCUT2D eigenvalue weighted by Gasteiger charge is 2.52. The maximum atomic E-state index is 10.9. The molecule has 0 aromatic heterocycles. The van der Waals surface area contributed by atoms with E-state index < -0.39 is 0 Å². The smallest absolute Gasteiger partial charge is 0.337 e. The summed E-state index contributed by atoms with van der Waals surface area (Å²) in [6.07, 6.45) is -0.282. The summed E-state index contributed by atoms with van der Waals surface area (Å²) in [6.45, 7) is 6.13. The van der Waals surface area contributed by atoms with Gasteiger partial charge in [-0.05, 0) is 5.41 Å². The number of carbonyl (C=O) groups is 1. The molecule has 0 amide bonds. The molecule has 1 fully saturated rings. The third-order valence-corrected chi connectivity index (χ3v) is 1.78. The van der Waals surface area contributed by atoms with Crippen LogP contribution in [0.2, 0.25) is 0 Å². The number of rotatable bonds is 1. The van der Waals surface area contributed by atoms with E-state index in [0.717, 1.165) is 0 Å². The van der Waals surface area contributed by atoms with Crippen molar-refractivity contribution in [2.75, 3.05) is 7.11 Å². The Balaban J connectivity index is 2.44. The van der Waals surface area contributed by atoms with E-state index in [-0.39, 0.29) is 23.6 Å². The number of esters is 1. The van der Waals surface area contributed by atoms with Crippen LogP contribution < -0.4 is 0 Å². The molecule has 0 spiro atoms. The van der Waals surface area contributed by atoms with Gasteiger partial charge in [-0.25, -0.2) is 4.79 Å². The van der Waals surface area contributed by atoms with E-state index >= 15 is 0 Å². The molecule has 1 aliphatic rings. The fraction of sp³-hybridized carbons (Fsp3) is 0.875. The zero-order valence-electron chi connectivity index (χ0n) is 7.38. The molecular weight excluding hydrogens is 144 g/mol. The van der Waals surface area contributed by atoms with E-state index in [4.69, 9.17) is 4.74 Å². The summed E-state index contributed by atoms with van der Waals surface area (Å²) in [4.78, 5) is 10.9. The molecule has 1 rings (SSSR count). The molecule has 0 radical (unpaired) electrons. The molecule has 2 atom stereocenters. The average molecular weight is 158 g/mol. The number of ether oxygens (including phenoxy) is 2. The molecule has 1 heterocycles. The molecule has 11 heavy (non-hydrogen) atoms. The molecule has 3 heteroatoms. The molecule has 0 aromatic carbocycles. The topological polar surface area (TPSA) is 38.8 Å². The first-order chi connectivity index (χ1) is 4.96. The molecule has 64 valence electrons. The molecule has 0 unspecified atom stereocenters. The molecular formula is C8H14O3. The van der Waals surface area contributed by atoms with Gasteiger partial charge in [-0.3, -0.25) is 0 Å². The fourth-order valence-electron chi connectivity index (χ4n) is 1.07. The zero-order chi connectivity index (χ0) is 8.65. The Bertz CT molecular complexity index is 169. The van der Waals surface area contributed by atoms with Gasteiger partial charge in [0, 0.05) is 0 Å². The second kappa shape index (κ2) is 2.48. The number of hydrogen-bond donors (Lipinski definition) is 0. The van der Waals surface area contributed by atoms with Crippen LogP contribution in [0.1, 0.15) is 20.8 Å². The monoisotopic (exact) mass is 158 g/mol. The van der Waals surface area contributed by atoms with Gasteiger partial charge in [0.1, 0.15) is 6.10 Å². The van der Waals surface area contributed by atoms with Gasteiger partial charge in [0.05, 0.1) is 7.11 Å². The van der Waals surface area contributed by atoms with Gasteiger partial charge in [-0.15, -0.1) is 0 Å². The summed E-state index contributed by atoms with van der Waals surface area (Å²) >= 11 is 0. The zero-order valence-corrected chi connectivity index (χ0v) is 7.38. The van der Waals surface area contributed by atoms with Crippen LogP contribution in [-0.2, 0) is 14.3 Å². The normalized spacial score (nSPS) is 29.8. The van der Waals surface area contributed by atoms with E-state index in [0.29, 0.717) is 0 Å². The van der Waals surface area contributed by atoms with Gasteiger partial charge in [-0.1, -0.05) is 20.8 Å². The van der Waals surface area contributed by atoms with Crippen LogP contribution in [0.3, 0.4) is 0 Å². The van der Waals surface area contributed by atoms with Crippen molar-refractivity contribution < 1.29 is 14.3 Å². The van der Waals surface area contributed by atoms with Crippen molar-refractivity contribution in [3.63, 3.8) is 0 Å². The van der Waals surface area contributed by atoms with Gasteiger partial charge >= 0.3 is 5.97 Å². The summed E-state index contributed by atoms with van der Waals surface area (Å²) in [5.74, 6) is -0.259. The Morgan fingerprint density at radius 3 is 2.27 bits per heavy atom. The summed E-state index contributed by atoms with van der Waals surface area (Å²) in [6, 6.07) is 0. The van der Waals surface area contributed by atoms with Crippen molar-refractivity contribution in [2.45, 2.75) is 33.0 Å². The van der Waals surface area contributed by atoms with Crippen LogP contribution in [0.4, 0.5) is 0 Å². The lowest BCUT2D eigenvalue weighted by Crippen LogP contribution is -2.21. The number of methoxy groups -OCH3 is 1. The van der Waals surface area contributed by atoms with E-state index in [2.05, 4.69) is 4.74 Å². The van der Waals surface area contributed by atoms with Crippen molar-refractivity contribution in [3.8, 4) is 0 Å². The predicted octanol–water partition coefficient (Wildman–Crippen LogP) is 0.973. The summed E-state index contributed by atoms with van der Waals surface area (Å²) in [5.41, 5.74) is 0.0405. The first-order valence-electron chi connectivity index (χ1n) is 3.70. The first kappa shape index (κ1) is 8.53. The van der Waals surface area contributed by atoms with Gasteiger partial charge in [0.2, 0.25) is 0 Å². The van der Waals surface area contributed by atoms with Crippen LogP contribution in [0, 0.1) is 5.41 Å². The maximum absolute atomic E-state index is 10.9. The van der Waals surface area contributed by atoms with Crippen LogP contribution in [0.5, 0.6) is 0 Å². The quantitative estimate of drug-likeness (QED) is 0.421. The largest absolute Gasteiger partial charge is 0.467 e. The van der Waals surface area contributed by atoms with E-state index in [1.807, 2.05) is 20.8 Å². The van der Waals surface area contributed by atoms with Crippen molar-refractivity contribution in [1.82, 2.24) is 0 Å². The van der Waals surface area contributed by atoms with Crippen molar-refractivity contribution in [1.29, 1.82) is 0 Å². The fourth-order valence-corrected chi connectivity index (χ4v) is 1.07. The van der Waals surface area contributed by atoms with Crippen LogP contribution in [-0.4, -0.2) is 25.3 Å². The lowest BCUT2D eigenvalue weighted by Gasteiger charge is -2.13. The summed E-state index contributed by atoms with van der Waals surface area (Å²) in [7, 11) is 1.38. The van der Waals surface area contributed by atoms with Crippen molar-refractivity contribution >= 4 is 5.97 Å². The first-order valence-corrected chi connectivity index (χ1v) is 3.70. The van der Waals surface area contributed by atoms with Gasteiger partial charge in [0.25, 0.3) is 0 Å². The van der Waals surface area contributed by atoms with Crippen molar-refractivity contribution in [3.05, 3.63) is 0 Å². The summed E-state index contributed by atoms with van der Waals surface area (Å²) < 4.78 is 9.70. The van der Waals surface area contributed by atoms with Crippen LogP contribution >= 0.6 is 0 Å². The minimum absolute atomic E-state index is 0.0370. The van der Waals surface area contributed by atoms with Crippen LogP contribution in [0.15, 0.2) is 0 Å². The number of carbonyl (C=O) groups excluding carboxylic acids is 1. The minimum atomic E-state index is -0.319. The molecule has 3 nitrogen and oxygen atoms in total. The Kier molecular flexibility index (Phi) is 1.92. The van der Waals surface area contributed by atoms with E-state index in [9.17, 15) is 4.79 Å². The predicted molar refractivity (Wildman–Crippen MR) is 40.1 cm³/mol. The highest BCUT2D eigenvalue weighted by Crippen LogP contribution is 2.38. The standard InChI is InChI=1S/C8H14O3/c1-8(2,3)6-5(11-6)7(9)10-4/h5-6H,1-4H3/t5-,6-/m0/s1. The Morgan fingerprint density at radius 2 is 2.00 bits per heavy atom. The highest BCUT2D eigenvalue weighted by molar-refractivity contribution is 5.78. The molecule has 1 aliphatic heterocycles. The lowest BCUT2D eigenvalue weighted by atomic mass is 9.90. The lowest BCUT2D eigenvalue weighted by molar-refractivity contribution is -0.142. The molecule has 0 bridgehead atoms. The number of epoxide rings is 1. The van der Waals surface area contributed by atoms with Gasteiger partial charge in [-0.2, -0.15) is 0 Å². The molecule has 1 saturated heterocycles. The third kappa shape index (κ3) is 1.71. The molecule has 0 aromatic rings. The Hall–Kier alpha value is -0.570. The molecule has 0 saturated carbocycles. The molecule has 0 N–H and O–H groups in total. The third-order valence-electron chi connectivity index (χ3n) is 1.78. The second-order valence-electron chi connectivity index (χ2n) is 3.87. The summed E-state index contributed by atoms with van der Waals surface area (Å²) in [5, 5.41) is 0. The molecule has 0 aliphatic carbocycles. The Morgan fingerprint density at radius 1 is 1.45 bits per heavy atom. The SMILES string of the molecule is COC(=O)[C@H]1O[C@@H]1C(C)(C)C. The van der Waals surface area contributed by atoms with E-state index in [1.165, 1.54) is 7.11 Å². The van der Waals surface area contributed by atoms with Crippen molar-refractivity contribution in [2.24, 2.45) is 5.41 Å². The number of hydrogen-bond acceptors (Lipinski definition) is 3. The van der Waals surface area contributed by atoms with Gasteiger partial charge in [0.15, 0.2) is 6.10 Å². The highest BCUT2D eigenvalue weighted by atomic mass is 16.6. The Labute approximate surface area is 66.7 Å².